The summed E-state index contributed by atoms with van der Waals surface area (Å²) >= 11 is 5.81. The fraction of sp³-hybridized carbons (Fsp3) is 0.143. The maximum absolute atomic E-state index is 11.2. The summed E-state index contributed by atoms with van der Waals surface area (Å²) in [7, 11) is -2.99. The van der Waals surface area contributed by atoms with Gasteiger partial charge < -0.3 is 5.32 Å². The fourth-order valence-corrected chi connectivity index (χ4v) is 2.61. The zero-order chi connectivity index (χ0) is 13.9. The molecule has 2 aromatic carbocycles. The number of nitrogens with one attached hydrogen (secondary N) is 1. The van der Waals surface area contributed by atoms with Gasteiger partial charge in [0.2, 0.25) is 0 Å². The van der Waals surface area contributed by atoms with Crippen molar-refractivity contribution in [3.8, 4) is 0 Å². The molecule has 0 saturated carbocycles. The highest BCUT2D eigenvalue weighted by Gasteiger charge is 2.04. The molecule has 2 rings (SSSR count). The highest BCUT2D eigenvalue weighted by atomic mass is 35.5. The highest BCUT2D eigenvalue weighted by molar-refractivity contribution is 7.89. The second kappa shape index (κ2) is 5.63. The molecule has 0 heterocycles. The summed E-state index contributed by atoms with van der Waals surface area (Å²) in [4.78, 5) is 0. The summed E-state index contributed by atoms with van der Waals surface area (Å²) in [5.74, 6) is 0.0637. The Kier molecular flexibility index (Phi) is 4.12. The molecule has 5 heteroatoms. The third-order valence-corrected chi connectivity index (χ3v) is 3.63. The van der Waals surface area contributed by atoms with Crippen molar-refractivity contribution >= 4 is 32.8 Å². The first-order valence-electron chi connectivity index (χ1n) is 5.72. The molecule has 0 radical (unpaired) electrons. The lowest BCUT2D eigenvalue weighted by atomic mass is 10.2. The van der Waals surface area contributed by atoms with Crippen LogP contribution in [0.5, 0.6) is 0 Å². The molecule has 19 heavy (non-hydrogen) atoms. The molecular weight excluding hydrogens is 282 g/mol. The first-order valence-corrected chi connectivity index (χ1v) is 8.15. The average Bonchev–Trinajstić information content (AvgIpc) is 2.33. The molecule has 0 bridgehead atoms. The minimum absolute atomic E-state index is 0.0637. The molecule has 0 fully saturated rings. The minimum atomic E-state index is -2.99. The van der Waals surface area contributed by atoms with Crippen molar-refractivity contribution < 1.29 is 8.42 Å². The SMILES string of the molecule is CS(=O)(=O)Cc1ccc(Nc2ccc(Cl)cc2)cc1. The summed E-state index contributed by atoms with van der Waals surface area (Å²) in [6.45, 7) is 0. The second-order valence-electron chi connectivity index (χ2n) is 4.40. The number of benzene rings is 2. The van der Waals surface area contributed by atoms with Crippen LogP contribution in [0.4, 0.5) is 11.4 Å². The lowest BCUT2D eigenvalue weighted by molar-refractivity contribution is 0.601. The van der Waals surface area contributed by atoms with E-state index < -0.39 is 9.84 Å². The molecule has 0 aliphatic carbocycles. The maximum Gasteiger partial charge on any atom is 0.151 e. The Bertz CT molecular complexity index is 649. The minimum Gasteiger partial charge on any atom is -0.356 e. The lowest BCUT2D eigenvalue weighted by Crippen LogP contribution is -2.00. The second-order valence-corrected chi connectivity index (χ2v) is 6.98. The first-order chi connectivity index (χ1) is 8.92. The molecule has 0 spiro atoms. The standard InChI is InChI=1S/C14H14ClNO2S/c1-19(17,18)10-11-2-6-13(7-3-11)16-14-8-4-12(15)5-9-14/h2-9,16H,10H2,1H3. The third-order valence-electron chi connectivity index (χ3n) is 2.52. The van der Waals surface area contributed by atoms with E-state index in [-0.39, 0.29) is 5.75 Å². The van der Waals surface area contributed by atoms with E-state index in [0.717, 1.165) is 16.9 Å². The molecule has 3 nitrogen and oxygen atoms in total. The predicted molar refractivity (Wildman–Crippen MR) is 79.7 cm³/mol. The van der Waals surface area contributed by atoms with Gasteiger partial charge in [-0.1, -0.05) is 23.7 Å². The van der Waals surface area contributed by atoms with Gasteiger partial charge in [-0.25, -0.2) is 8.42 Å². The highest BCUT2D eigenvalue weighted by Crippen LogP contribution is 2.19. The van der Waals surface area contributed by atoms with Crippen molar-refractivity contribution in [2.45, 2.75) is 5.75 Å². The Morgan fingerprint density at radius 1 is 0.947 bits per heavy atom. The zero-order valence-electron chi connectivity index (χ0n) is 10.4. The molecule has 2 aromatic rings. The normalized spacial score (nSPS) is 11.3. The van der Waals surface area contributed by atoms with Gasteiger partial charge in [0.15, 0.2) is 9.84 Å². The van der Waals surface area contributed by atoms with Gasteiger partial charge in [0, 0.05) is 22.7 Å². The molecule has 0 aromatic heterocycles. The number of sulfone groups is 1. The smallest absolute Gasteiger partial charge is 0.151 e. The monoisotopic (exact) mass is 295 g/mol. The lowest BCUT2D eigenvalue weighted by Gasteiger charge is -2.07. The quantitative estimate of drug-likeness (QED) is 0.937. The van der Waals surface area contributed by atoms with Crippen LogP contribution in [0.3, 0.4) is 0 Å². The van der Waals surface area contributed by atoms with Gasteiger partial charge in [0.05, 0.1) is 5.75 Å². The van der Waals surface area contributed by atoms with E-state index in [1.807, 2.05) is 36.4 Å². The third kappa shape index (κ3) is 4.58. The van der Waals surface area contributed by atoms with Gasteiger partial charge in [-0.05, 0) is 42.0 Å². The molecule has 1 N–H and O–H groups in total. The van der Waals surface area contributed by atoms with E-state index in [4.69, 9.17) is 11.6 Å². The fourth-order valence-electron chi connectivity index (χ4n) is 1.69. The molecule has 100 valence electrons. The van der Waals surface area contributed by atoms with Gasteiger partial charge in [-0.3, -0.25) is 0 Å². The Balaban J connectivity index is 2.08. The summed E-state index contributed by atoms with van der Waals surface area (Å²) in [6, 6.07) is 14.7. The van der Waals surface area contributed by atoms with Crippen LogP contribution >= 0.6 is 11.6 Å². The number of rotatable bonds is 4. The van der Waals surface area contributed by atoms with Crippen molar-refractivity contribution in [1.29, 1.82) is 0 Å². The Morgan fingerprint density at radius 3 is 1.89 bits per heavy atom. The number of hydrogen-bond donors (Lipinski definition) is 1. The Morgan fingerprint density at radius 2 is 1.42 bits per heavy atom. The number of hydrogen-bond acceptors (Lipinski definition) is 3. The van der Waals surface area contributed by atoms with Crippen LogP contribution in [0.1, 0.15) is 5.56 Å². The van der Waals surface area contributed by atoms with Crippen molar-refractivity contribution in [3.05, 3.63) is 59.1 Å². The van der Waals surface area contributed by atoms with Crippen LogP contribution in [0.2, 0.25) is 5.02 Å². The molecule has 0 unspecified atom stereocenters. The number of halogens is 1. The number of anilines is 2. The van der Waals surface area contributed by atoms with Gasteiger partial charge in [0.1, 0.15) is 0 Å². The van der Waals surface area contributed by atoms with Crippen molar-refractivity contribution in [2.24, 2.45) is 0 Å². The Labute approximate surface area is 118 Å². The topological polar surface area (TPSA) is 46.2 Å². The van der Waals surface area contributed by atoms with Crippen LogP contribution < -0.4 is 5.32 Å². The van der Waals surface area contributed by atoms with E-state index in [1.165, 1.54) is 6.26 Å². The van der Waals surface area contributed by atoms with Crippen molar-refractivity contribution in [2.75, 3.05) is 11.6 Å². The average molecular weight is 296 g/mol. The molecule has 0 saturated heterocycles. The van der Waals surface area contributed by atoms with Crippen molar-refractivity contribution in [3.63, 3.8) is 0 Å². The molecule has 0 aliphatic rings. The predicted octanol–water partition coefficient (Wildman–Crippen LogP) is 3.63. The Hall–Kier alpha value is -1.52. The van der Waals surface area contributed by atoms with E-state index >= 15 is 0 Å². The van der Waals surface area contributed by atoms with E-state index in [1.54, 1.807) is 12.1 Å². The van der Waals surface area contributed by atoms with Crippen LogP contribution in [-0.4, -0.2) is 14.7 Å². The molecular formula is C14H14ClNO2S. The van der Waals surface area contributed by atoms with Gasteiger partial charge in [-0.2, -0.15) is 0 Å². The molecule has 0 aliphatic heterocycles. The summed E-state index contributed by atoms with van der Waals surface area (Å²) in [5, 5.41) is 3.90. The maximum atomic E-state index is 11.2. The van der Waals surface area contributed by atoms with E-state index in [9.17, 15) is 8.42 Å². The molecule has 0 amide bonds. The van der Waals surface area contributed by atoms with Gasteiger partial charge in [-0.15, -0.1) is 0 Å². The van der Waals surface area contributed by atoms with Crippen molar-refractivity contribution in [1.82, 2.24) is 0 Å². The summed E-state index contributed by atoms with van der Waals surface area (Å²) in [5.41, 5.74) is 2.61. The van der Waals surface area contributed by atoms with Crippen LogP contribution in [0.25, 0.3) is 0 Å². The van der Waals surface area contributed by atoms with Crippen LogP contribution in [-0.2, 0) is 15.6 Å². The van der Waals surface area contributed by atoms with Crippen LogP contribution in [0.15, 0.2) is 48.5 Å². The van der Waals surface area contributed by atoms with Crippen LogP contribution in [0, 0.1) is 0 Å². The molecule has 0 atom stereocenters. The summed E-state index contributed by atoms with van der Waals surface area (Å²) < 4.78 is 22.4. The zero-order valence-corrected chi connectivity index (χ0v) is 12.0. The first kappa shape index (κ1) is 13.9. The van der Waals surface area contributed by atoms with E-state index in [0.29, 0.717) is 5.02 Å². The van der Waals surface area contributed by atoms with E-state index in [2.05, 4.69) is 5.32 Å². The summed E-state index contributed by atoms with van der Waals surface area (Å²) in [6.07, 6.45) is 1.23. The van der Waals surface area contributed by atoms with Gasteiger partial charge >= 0.3 is 0 Å². The largest absolute Gasteiger partial charge is 0.356 e. The van der Waals surface area contributed by atoms with Gasteiger partial charge in [0.25, 0.3) is 0 Å².